The van der Waals surface area contributed by atoms with Gasteiger partial charge in [0.25, 0.3) is 10.0 Å². The van der Waals surface area contributed by atoms with Crippen molar-refractivity contribution in [1.82, 2.24) is 5.32 Å². The fourth-order valence-corrected chi connectivity index (χ4v) is 5.56. The van der Waals surface area contributed by atoms with E-state index in [1.807, 2.05) is 37.3 Å². The predicted octanol–water partition coefficient (Wildman–Crippen LogP) is 7.24. The topological polar surface area (TPSA) is 105 Å². The van der Waals surface area contributed by atoms with Gasteiger partial charge in [-0.2, -0.15) is 0 Å². The number of anilines is 2. The van der Waals surface area contributed by atoms with Crippen molar-refractivity contribution < 1.29 is 22.7 Å². The van der Waals surface area contributed by atoms with Crippen LogP contribution in [0.3, 0.4) is 0 Å². The molecule has 0 unspecified atom stereocenters. The highest BCUT2D eigenvalue weighted by atomic mass is 32.2. The smallest absolute Gasteiger partial charge is 0.329 e. The van der Waals surface area contributed by atoms with E-state index < -0.39 is 33.7 Å². The van der Waals surface area contributed by atoms with Crippen LogP contribution in [0.1, 0.15) is 70.9 Å². The number of amides is 2. The Morgan fingerprint density at radius 1 is 0.860 bits per heavy atom. The van der Waals surface area contributed by atoms with Crippen LogP contribution < -0.4 is 14.9 Å². The second-order valence-electron chi connectivity index (χ2n) is 11.8. The summed E-state index contributed by atoms with van der Waals surface area (Å²) in [6.07, 6.45) is 5.34. The van der Waals surface area contributed by atoms with Gasteiger partial charge in [0.1, 0.15) is 11.6 Å². The zero-order chi connectivity index (χ0) is 31.5. The molecule has 3 rings (SSSR count). The highest BCUT2D eigenvalue weighted by Gasteiger charge is 2.29. The number of hydrogen-bond acceptors (Lipinski definition) is 5. The number of carbonyl (C=O) groups is 2. The van der Waals surface area contributed by atoms with Gasteiger partial charge in [-0.15, -0.1) is 0 Å². The van der Waals surface area contributed by atoms with E-state index >= 15 is 0 Å². The Morgan fingerprint density at radius 3 is 2.09 bits per heavy atom. The Labute approximate surface area is 256 Å². The van der Waals surface area contributed by atoms with Gasteiger partial charge in [-0.25, -0.2) is 18.0 Å². The highest BCUT2D eigenvalue weighted by molar-refractivity contribution is 7.92. The maximum atomic E-state index is 13.8. The molecule has 0 bridgehead atoms. The molecule has 0 spiro atoms. The van der Waals surface area contributed by atoms with E-state index in [0.29, 0.717) is 17.9 Å². The van der Waals surface area contributed by atoms with Crippen LogP contribution in [0.25, 0.3) is 0 Å². The van der Waals surface area contributed by atoms with E-state index in [1.54, 1.807) is 74.2 Å². The van der Waals surface area contributed by atoms with Crippen molar-refractivity contribution >= 4 is 33.4 Å². The first kappa shape index (κ1) is 33.6. The van der Waals surface area contributed by atoms with Crippen molar-refractivity contribution in [1.29, 1.82) is 0 Å². The zero-order valence-corrected chi connectivity index (χ0v) is 26.7. The molecular weight excluding hydrogens is 562 g/mol. The van der Waals surface area contributed by atoms with E-state index in [0.717, 1.165) is 43.2 Å². The molecule has 232 valence electrons. The SMILES string of the molecule is CCCCCCCN(C(=O)N[C@H](Cc1ccccc1)C(=O)OC(C)(C)C)c1ccc(NS(=O)(=O)c2ccc(C)cc2)cc1. The van der Waals surface area contributed by atoms with Crippen molar-refractivity contribution in [2.24, 2.45) is 0 Å². The van der Waals surface area contributed by atoms with E-state index in [4.69, 9.17) is 4.74 Å². The molecule has 0 aliphatic carbocycles. The lowest BCUT2D eigenvalue weighted by Crippen LogP contribution is -2.51. The number of hydrogen-bond donors (Lipinski definition) is 2. The number of rotatable bonds is 14. The van der Waals surface area contributed by atoms with Crippen LogP contribution in [0.5, 0.6) is 0 Å². The molecule has 2 amide bonds. The summed E-state index contributed by atoms with van der Waals surface area (Å²) in [5.74, 6) is -0.506. The minimum absolute atomic E-state index is 0.168. The number of aryl methyl sites for hydroxylation is 1. The molecule has 0 fully saturated rings. The molecule has 1 atom stereocenters. The summed E-state index contributed by atoms with van der Waals surface area (Å²) in [5.41, 5.74) is 2.12. The van der Waals surface area contributed by atoms with Crippen LogP contribution in [0, 0.1) is 6.92 Å². The van der Waals surface area contributed by atoms with Crippen LogP contribution >= 0.6 is 0 Å². The molecule has 0 heterocycles. The van der Waals surface area contributed by atoms with Gasteiger partial charge < -0.3 is 10.1 Å². The third kappa shape index (κ3) is 11.1. The van der Waals surface area contributed by atoms with Crippen molar-refractivity contribution in [3.63, 3.8) is 0 Å². The monoisotopic (exact) mass is 607 g/mol. The number of benzene rings is 3. The van der Waals surface area contributed by atoms with Gasteiger partial charge in [-0.1, -0.05) is 80.6 Å². The fourth-order valence-electron chi connectivity index (χ4n) is 4.51. The summed E-state index contributed by atoms with van der Waals surface area (Å²) in [6.45, 7) is 9.87. The van der Waals surface area contributed by atoms with Crippen molar-refractivity contribution in [3.05, 3.63) is 90.0 Å². The van der Waals surface area contributed by atoms with Crippen molar-refractivity contribution in [2.45, 2.75) is 89.7 Å². The number of carbonyl (C=O) groups excluding carboxylic acids is 2. The average molecular weight is 608 g/mol. The first-order valence-electron chi connectivity index (χ1n) is 14.9. The molecule has 3 aromatic rings. The molecule has 43 heavy (non-hydrogen) atoms. The molecule has 0 saturated heterocycles. The van der Waals surface area contributed by atoms with Gasteiger partial charge in [0.15, 0.2) is 0 Å². The van der Waals surface area contributed by atoms with E-state index in [2.05, 4.69) is 17.0 Å². The van der Waals surface area contributed by atoms with E-state index in [1.165, 1.54) is 0 Å². The Morgan fingerprint density at radius 2 is 1.49 bits per heavy atom. The van der Waals surface area contributed by atoms with E-state index in [-0.39, 0.29) is 11.3 Å². The molecule has 0 aliphatic heterocycles. The van der Waals surface area contributed by atoms with Gasteiger partial charge in [-0.05, 0) is 76.1 Å². The van der Waals surface area contributed by atoms with Gasteiger partial charge >= 0.3 is 12.0 Å². The van der Waals surface area contributed by atoms with Crippen molar-refractivity contribution in [2.75, 3.05) is 16.2 Å². The normalized spacial score (nSPS) is 12.3. The Bertz CT molecular complexity index is 1420. The summed E-state index contributed by atoms with van der Waals surface area (Å²) in [5, 5.41) is 2.92. The van der Waals surface area contributed by atoms with Gasteiger partial charge in [0.05, 0.1) is 4.90 Å². The minimum atomic E-state index is -3.77. The van der Waals surface area contributed by atoms with E-state index in [9.17, 15) is 18.0 Å². The molecule has 9 heteroatoms. The van der Waals surface area contributed by atoms with Crippen LogP contribution in [0.15, 0.2) is 83.8 Å². The third-order valence-electron chi connectivity index (χ3n) is 6.76. The molecular formula is C34H45N3O5S. The zero-order valence-electron chi connectivity index (χ0n) is 25.9. The van der Waals surface area contributed by atoms with Crippen LogP contribution in [0.4, 0.5) is 16.2 Å². The predicted molar refractivity (Wildman–Crippen MR) is 173 cm³/mol. The third-order valence-corrected chi connectivity index (χ3v) is 8.16. The Kier molecular flexibility index (Phi) is 12.2. The number of urea groups is 1. The summed E-state index contributed by atoms with van der Waals surface area (Å²) < 4.78 is 34.0. The maximum Gasteiger partial charge on any atom is 0.329 e. The lowest BCUT2D eigenvalue weighted by molar-refractivity contribution is -0.157. The van der Waals surface area contributed by atoms with Crippen LogP contribution in [-0.2, 0) is 26.0 Å². The molecule has 0 aromatic heterocycles. The molecule has 0 saturated carbocycles. The highest BCUT2D eigenvalue weighted by Crippen LogP contribution is 2.23. The molecule has 0 radical (unpaired) electrons. The molecule has 8 nitrogen and oxygen atoms in total. The quantitative estimate of drug-likeness (QED) is 0.149. The Hall–Kier alpha value is -3.85. The number of esters is 1. The van der Waals surface area contributed by atoms with Crippen LogP contribution in [0.2, 0.25) is 0 Å². The first-order valence-corrected chi connectivity index (χ1v) is 16.4. The average Bonchev–Trinajstić information content (AvgIpc) is 2.95. The second kappa shape index (κ2) is 15.6. The molecule has 3 aromatic carbocycles. The Balaban J connectivity index is 1.82. The number of nitrogens with zero attached hydrogens (tertiary/aromatic N) is 1. The van der Waals surface area contributed by atoms with Gasteiger partial charge in [0, 0.05) is 24.3 Å². The maximum absolute atomic E-state index is 13.8. The van der Waals surface area contributed by atoms with Crippen LogP contribution in [-0.4, -0.2) is 38.6 Å². The first-order chi connectivity index (χ1) is 20.4. The van der Waals surface area contributed by atoms with Crippen molar-refractivity contribution in [3.8, 4) is 0 Å². The second-order valence-corrected chi connectivity index (χ2v) is 13.4. The summed E-state index contributed by atoms with van der Waals surface area (Å²) in [6, 6.07) is 21.5. The minimum Gasteiger partial charge on any atom is -0.458 e. The number of ether oxygens (including phenoxy) is 1. The summed E-state index contributed by atoms with van der Waals surface area (Å²) in [7, 11) is -3.77. The molecule has 0 aliphatic rings. The molecule has 2 N–H and O–H groups in total. The number of unbranched alkanes of at least 4 members (excludes halogenated alkanes) is 4. The fraction of sp³-hybridized carbons (Fsp3) is 0.412. The van der Waals surface area contributed by atoms with Gasteiger partial charge in [0.2, 0.25) is 0 Å². The summed E-state index contributed by atoms with van der Waals surface area (Å²) in [4.78, 5) is 28.7. The number of nitrogens with one attached hydrogen (secondary N) is 2. The lowest BCUT2D eigenvalue weighted by Gasteiger charge is -2.28. The number of sulfonamides is 1. The summed E-state index contributed by atoms with van der Waals surface area (Å²) >= 11 is 0. The van der Waals surface area contributed by atoms with Gasteiger partial charge in [-0.3, -0.25) is 9.62 Å². The largest absolute Gasteiger partial charge is 0.458 e. The standard InChI is InChI=1S/C34H45N3O5S/c1-6-7-8-9-13-24-37(29-20-18-28(19-21-29)36-43(40,41)30-22-16-26(2)17-23-30)33(39)35-31(32(38)42-34(3,4)5)25-27-14-11-10-12-15-27/h10-12,14-23,31,36H,6-9,13,24-25H2,1-5H3,(H,35,39)/t31-/m1/s1. The lowest BCUT2D eigenvalue weighted by atomic mass is 10.1.